The van der Waals surface area contributed by atoms with Gasteiger partial charge in [-0.15, -0.1) is 0 Å². The summed E-state index contributed by atoms with van der Waals surface area (Å²) in [6.45, 7) is 41.5. The second-order valence-electron chi connectivity index (χ2n) is 29.0. The van der Waals surface area contributed by atoms with Gasteiger partial charge in [-0.1, -0.05) is 0 Å². The van der Waals surface area contributed by atoms with E-state index in [0.29, 0.717) is 0 Å². The fraction of sp³-hybridized carbons (Fsp3) is 0.349. The monoisotopic (exact) mass is 1400 g/mol. The van der Waals surface area contributed by atoms with Gasteiger partial charge in [0.05, 0.1) is 0 Å². The van der Waals surface area contributed by atoms with E-state index in [9.17, 15) is 17.0 Å². The molecule has 0 radical (unpaired) electrons. The van der Waals surface area contributed by atoms with E-state index in [1.54, 1.807) is 0 Å². The van der Waals surface area contributed by atoms with Crippen LogP contribution in [0.25, 0.3) is 0 Å². The molecular weight excluding hydrogens is 1310 g/mol. The van der Waals surface area contributed by atoms with Crippen LogP contribution in [0.15, 0.2) is 285 Å². The van der Waals surface area contributed by atoms with Crippen molar-refractivity contribution in [1.82, 2.24) is 0 Å². The standard InChI is InChI=1S/2C43H50N2Si.2ClH.Zr/c2*1-8-44(9-2)34-24-20-32(21-25-34)36-16-12-14-18-38-40(36)28-30(5)42(38)46(7)43-31(6)29-41-37(17-13-15-19-39(41)43)33-22-26-35(27-23-33)45(10-3)11-4;;;/h2*12-29,36-37,46H,8-11H2,1-7H3;2*1H;/q;;;;+2/p-2. The van der Waals surface area contributed by atoms with Crippen LogP contribution in [0.3, 0.4) is 0 Å². The van der Waals surface area contributed by atoms with Gasteiger partial charge in [0.25, 0.3) is 0 Å². The molecule has 8 aliphatic carbocycles. The van der Waals surface area contributed by atoms with E-state index in [2.05, 4.69) is 334 Å². The summed E-state index contributed by atoms with van der Waals surface area (Å²) < 4.78 is -2.81. The minimum absolute atomic E-state index is 0.0240. The van der Waals surface area contributed by atoms with Crippen molar-refractivity contribution >= 4 is 57.4 Å². The van der Waals surface area contributed by atoms with E-state index < -0.39 is 43.5 Å². The third-order valence-electron chi connectivity index (χ3n) is 26.6. The van der Waals surface area contributed by atoms with Crippen LogP contribution in [-0.4, -0.2) is 70.0 Å². The van der Waals surface area contributed by atoms with Crippen molar-refractivity contribution in [1.29, 1.82) is 0 Å². The van der Waals surface area contributed by atoms with Gasteiger partial charge in [0.15, 0.2) is 0 Å². The molecule has 4 aromatic carbocycles. The Labute approximate surface area is 577 Å². The van der Waals surface area contributed by atoms with E-state index in [1.165, 1.54) is 112 Å². The van der Waals surface area contributed by atoms with E-state index in [1.807, 2.05) is 0 Å². The molecule has 0 amide bonds. The predicted octanol–water partition coefficient (Wildman–Crippen LogP) is 22.1. The Morgan fingerprint density at radius 2 is 0.505 bits per heavy atom. The summed E-state index contributed by atoms with van der Waals surface area (Å²) in [4.78, 5) is 9.83. The molecule has 14 rings (SSSR count). The van der Waals surface area contributed by atoms with Gasteiger partial charge < -0.3 is 0 Å². The first kappa shape index (κ1) is 66.1. The molecule has 0 bridgehead atoms. The van der Waals surface area contributed by atoms with Crippen LogP contribution in [0.2, 0.25) is 24.1 Å². The molecule has 5 spiro atoms. The van der Waals surface area contributed by atoms with Gasteiger partial charge in [-0.3, -0.25) is 0 Å². The molecule has 10 aliphatic rings. The van der Waals surface area contributed by atoms with Gasteiger partial charge in [-0.2, -0.15) is 0 Å². The van der Waals surface area contributed by atoms with E-state index in [0.717, 1.165) is 52.4 Å². The van der Waals surface area contributed by atoms with E-state index in [-0.39, 0.29) is 23.7 Å². The van der Waals surface area contributed by atoms with Crippen LogP contribution in [0.1, 0.15) is 129 Å². The molecular formula is C86H100Cl2N4Si2Zr. The molecule has 2 saturated heterocycles. The molecule has 9 heteroatoms. The summed E-state index contributed by atoms with van der Waals surface area (Å²) in [5.41, 5.74) is 26.9. The zero-order valence-electron chi connectivity index (χ0n) is 59.0. The summed E-state index contributed by atoms with van der Waals surface area (Å²) in [5.74, 6) is -0.0962. The Morgan fingerprint density at radius 1 is 0.316 bits per heavy atom. The molecule has 4 aromatic rings. The van der Waals surface area contributed by atoms with Crippen molar-refractivity contribution in [3.8, 4) is 0 Å². The molecule has 0 aromatic heterocycles. The summed E-state index contributed by atoms with van der Waals surface area (Å²) in [6.07, 6.45) is 49.9. The Morgan fingerprint density at radius 3 is 0.684 bits per heavy atom. The number of fused-ring (bicyclic) bond motifs is 8. The third-order valence-corrected chi connectivity index (χ3v) is 112. The summed E-state index contributed by atoms with van der Waals surface area (Å²) in [5, 5.41) is 0. The number of hydrogen-bond donors (Lipinski definition) is 0. The first-order valence-electron chi connectivity index (χ1n) is 36.2. The van der Waals surface area contributed by atoms with Crippen molar-refractivity contribution in [2.75, 3.05) is 72.0 Å². The van der Waals surface area contributed by atoms with Gasteiger partial charge in [-0.25, -0.2) is 0 Å². The number of anilines is 4. The normalized spacial score (nSPS) is 31.0. The Hall–Kier alpha value is -6.18. The van der Waals surface area contributed by atoms with Gasteiger partial charge in [0, 0.05) is 0 Å². The van der Waals surface area contributed by atoms with Crippen LogP contribution < -0.4 is 19.6 Å². The third kappa shape index (κ3) is 7.70. The molecule has 2 aliphatic heterocycles. The predicted molar refractivity (Wildman–Crippen MR) is 416 cm³/mol. The molecule has 4 nitrogen and oxygen atoms in total. The van der Waals surface area contributed by atoms with Gasteiger partial charge >= 0.3 is 583 Å². The Bertz CT molecular complexity index is 3810. The molecule has 2 fully saturated rings. The Balaban J connectivity index is 1.14. The minimum atomic E-state index is -7.63. The van der Waals surface area contributed by atoms with Crippen LogP contribution in [0, 0.1) is 0 Å². The molecule has 2 heterocycles. The fourth-order valence-electron chi connectivity index (χ4n) is 23.8. The number of rotatable bonds is 16. The summed E-state index contributed by atoms with van der Waals surface area (Å²) in [7, 11) is 18.0. The number of hydrogen-bond acceptors (Lipinski definition) is 4. The van der Waals surface area contributed by atoms with Crippen molar-refractivity contribution in [3.05, 3.63) is 308 Å². The second kappa shape index (κ2) is 23.8. The van der Waals surface area contributed by atoms with Crippen LogP contribution in [0.5, 0.6) is 0 Å². The zero-order valence-corrected chi connectivity index (χ0v) is 65.2. The second-order valence-corrected chi connectivity index (χ2v) is 68.8. The number of benzene rings is 4. The average Bonchev–Trinajstić information content (AvgIpc) is 1.26. The van der Waals surface area contributed by atoms with Crippen LogP contribution in [-0.2, 0) is 14.9 Å². The summed E-state index contributed by atoms with van der Waals surface area (Å²) in [6, 6.07) is 38.2. The number of allylic oxidation sites excluding steroid dienone is 32. The zero-order chi connectivity index (χ0) is 66.8. The van der Waals surface area contributed by atoms with Gasteiger partial charge in [0.2, 0.25) is 0 Å². The van der Waals surface area contributed by atoms with Crippen LogP contribution in [0.4, 0.5) is 22.7 Å². The quantitative estimate of drug-likeness (QED) is 0.104. The number of nitrogens with zero attached hydrogens (tertiary/aromatic N) is 4. The number of halogens is 2. The van der Waals surface area contributed by atoms with Crippen molar-refractivity contribution in [2.45, 2.75) is 131 Å². The molecule has 490 valence electrons. The molecule has 8 atom stereocenters. The van der Waals surface area contributed by atoms with E-state index >= 15 is 0 Å². The topological polar surface area (TPSA) is 13.0 Å². The average molecular weight is 1410 g/mol. The van der Waals surface area contributed by atoms with E-state index in [4.69, 9.17) is 0 Å². The molecule has 0 saturated carbocycles. The summed E-state index contributed by atoms with van der Waals surface area (Å²) >= 11 is -7.63. The maximum atomic E-state index is 11.5. The first-order valence-corrected chi connectivity index (χ1v) is 52.0. The molecule has 8 unspecified atom stereocenters. The van der Waals surface area contributed by atoms with Crippen molar-refractivity contribution in [3.63, 3.8) is 0 Å². The molecule has 95 heavy (non-hydrogen) atoms. The Kier molecular flexibility index (Phi) is 16.5. The van der Waals surface area contributed by atoms with Crippen molar-refractivity contribution < 1.29 is 14.9 Å². The first-order chi connectivity index (χ1) is 45.9. The van der Waals surface area contributed by atoms with Gasteiger partial charge in [0.1, 0.15) is 0 Å². The molecule has 0 N–H and O–H groups in total. The fourth-order valence-corrected chi connectivity index (χ4v) is 148. The van der Waals surface area contributed by atoms with Crippen molar-refractivity contribution in [2.24, 2.45) is 0 Å². The van der Waals surface area contributed by atoms with Gasteiger partial charge in [-0.05, 0) is 0 Å². The van der Waals surface area contributed by atoms with Crippen LogP contribution >= 0.6 is 17.0 Å². The SMILES string of the molecule is CCN(CC)c1ccc(C2C=CC=CC3=C2C=C(C)[C]32[SiH](C)[C]3(C(C)=CC4=C3C=CC=CC4c3ccc(N(CC)CC)cc3)[Zr]23([Cl])([Cl])[C]2(C(C)=CC4=C2C=CC=CC4c2ccc(N(CC)CC)cc2)[SiH](C)[C]32C(C)=CC3=C2C=CC=CC3c2ccc(N(CC)CC)cc2)cc1. The maximum absolute atomic E-state index is 11.5.